The molecule has 0 bridgehead atoms. The van der Waals surface area contributed by atoms with Gasteiger partial charge in [-0.05, 0) is 46.4 Å². The zero-order chi connectivity index (χ0) is 17.5. The quantitative estimate of drug-likeness (QED) is 0.180. The van der Waals surface area contributed by atoms with Gasteiger partial charge < -0.3 is 9.47 Å². The summed E-state index contributed by atoms with van der Waals surface area (Å²) in [7, 11) is 1.41. The van der Waals surface area contributed by atoms with Crippen LogP contribution in [0.1, 0.15) is 15.9 Å². The van der Waals surface area contributed by atoms with E-state index in [0.717, 1.165) is 0 Å². The second-order valence-corrected chi connectivity index (χ2v) is 5.78. The van der Waals surface area contributed by atoms with E-state index < -0.39 is 5.97 Å². The topological polar surface area (TPSA) is 76.4 Å². The highest BCUT2D eigenvalue weighted by molar-refractivity contribution is 14.1. The number of carbonyl (C=O) groups is 2. The molecule has 0 heterocycles. The van der Waals surface area contributed by atoms with Gasteiger partial charge in [0.05, 0.1) is 10.7 Å². The molecule has 24 heavy (non-hydrogen) atoms. The Bertz CT molecular complexity index is 838. The van der Waals surface area contributed by atoms with Crippen molar-refractivity contribution in [2.24, 2.45) is 0 Å². The molecule has 0 atom stereocenters. The molecular weight excluding hydrogens is 421 g/mol. The second kappa shape index (κ2) is 8.26. The molecule has 0 fully saturated rings. The first-order valence-electron chi connectivity index (χ1n) is 6.80. The molecule has 0 spiro atoms. The van der Waals surface area contributed by atoms with Crippen molar-refractivity contribution in [1.82, 2.24) is 0 Å². The zero-order valence-electron chi connectivity index (χ0n) is 12.7. The van der Waals surface area contributed by atoms with Crippen LogP contribution in [0.2, 0.25) is 0 Å². The largest absolute Gasteiger partial charge is 0.493 e. The van der Waals surface area contributed by atoms with E-state index in [2.05, 4.69) is 0 Å². The maximum Gasteiger partial charge on any atom is 0.354 e. The van der Waals surface area contributed by atoms with Crippen molar-refractivity contribution in [1.29, 1.82) is 5.26 Å². The summed E-state index contributed by atoms with van der Waals surface area (Å²) >= 11 is 1.93. The fraction of sp³-hybridized carbons (Fsp3) is 0.0556. The summed E-state index contributed by atoms with van der Waals surface area (Å²) in [5, 5.41) is 9.22. The Kier molecular flexibility index (Phi) is 6.09. The number of aldehydes is 1. The van der Waals surface area contributed by atoms with E-state index in [1.807, 2.05) is 34.7 Å². The molecule has 0 radical (unpaired) electrons. The predicted molar refractivity (Wildman–Crippen MR) is 96.8 cm³/mol. The third kappa shape index (κ3) is 4.20. The van der Waals surface area contributed by atoms with Crippen molar-refractivity contribution in [2.75, 3.05) is 7.11 Å². The van der Waals surface area contributed by atoms with Crippen molar-refractivity contribution in [2.45, 2.75) is 0 Å². The highest BCUT2D eigenvalue weighted by Crippen LogP contribution is 2.34. The minimum atomic E-state index is -0.795. The molecule has 2 aromatic carbocycles. The average molecular weight is 433 g/mol. The summed E-state index contributed by atoms with van der Waals surface area (Å²) in [4.78, 5) is 23.2. The number of nitrogens with zero attached hydrogens (tertiary/aromatic N) is 1. The molecule has 0 amide bonds. The first kappa shape index (κ1) is 17.7. The van der Waals surface area contributed by atoms with Gasteiger partial charge in [-0.2, -0.15) is 5.26 Å². The molecular formula is C18H12INO4. The lowest BCUT2D eigenvalue weighted by atomic mass is 10.1. The number of hydrogen-bond donors (Lipinski definition) is 0. The summed E-state index contributed by atoms with van der Waals surface area (Å²) in [6.45, 7) is 0. The van der Waals surface area contributed by atoms with Gasteiger partial charge in [-0.25, -0.2) is 4.79 Å². The van der Waals surface area contributed by atoms with Gasteiger partial charge >= 0.3 is 5.97 Å². The minimum absolute atomic E-state index is 0.140. The van der Waals surface area contributed by atoms with E-state index >= 15 is 0 Å². The molecule has 6 heteroatoms. The van der Waals surface area contributed by atoms with Crippen LogP contribution >= 0.6 is 22.6 Å². The lowest BCUT2D eigenvalue weighted by molar-refractivity contribution is -0.129. The van der Waals surface area contributed by atoms with Crippen LogP contribution in [0.15, 0.2) is 48.0 Å². The molecule has 0 aliphatic carbocycles. The molecule has 0 N–H and O–H groups in total. The SMILES string of the molecule is COc1cc(C=O)cc(I)c1OC(=O)/C(C#N)=C/c1ccccc1. The molecule has 0 aliphatic heterocycles. The summed E-state index contributed by atoms with van der Waals surface area (Å²) < 4.78 is 11.0. The molecule has 0 saturated carbocycles. The Balaban J connectivity index is 2.33. The van der Waals surface area contributed by atoms with Crippen LogP contribution in [0.3, 0.4) is 0 Å². The molecule has 0 saturated heterocycles. The minimum Gasteiger partial charge on any atom is -0.493 e. The number of ether oxygens (including phenoxy) is 2. The van der Waals surface area contributed by atoms with Gasteiger partial charge in [-0.15, -0.1) is 0 Å². The summed E-state index contributed by atoms with van der Waals surface area (Å²) in [5.41, 5.74) is 0.971. The Hall–Kier alpha value is -2.66. The molecule has 5 nitrogen and oxygen atoms in total. The fourth-order valence-corrected chi connectivity index (χ4v) is 2.64. The van der Waals surface area contributed by atoms with Crippen LogP contribution in [-0.2, 0) is 4.79 Å². The van der Waals surface area contributed by atoms with Crippen molar-refractivity contribution in [3.05, 3.63) is 62.7 Å². The van der Waals surface area contributed by atoms with Gasteiger partial charge in [0.25, 0.3) is 0 Å². The fourth-order valence-electron chi connectivity index (χ4n) is 1.91. The van der Waals surface area contributed by atoms with E-state index in [1.165, 1.54) is 19.3 Å². The van der Waals surface area contributed by atoms with Crippen molar-refractivity contribution in [3.8, 4) is 17.6 Å². The van der Waals surface area contributed by atoms with Crippen molar-refractivity contribution >= 4 is 40.9 Å². The number of nitriles is 1. The summed E-state index contributed by atoms with van der Waals surface area (Å²) in [6, 6.07) is 13.8. The van der Waals surface area contributed by atoms with Crippen LogP contribution in [0.25, 0.3) is 6.08 Å². The molecule has 120 valence electrons. The first-order valence-corrected chi connectivity index (χ1v) is 7.88. The smallest absolute Gasteiger partial charge is 0.354 e. The van der Waals surface area contributed by atoms with Crippen LogP contribution in [0.5, 0.6) is 11.5 Å². The van der Waals surface area contributed by atoms with E-state index in [0.29, 0.717) is 21.0 Å². The lowest BCUT2D eigenvalue weighted by Crippen LogP contribution is -2.12. The first-order chi connectivity index (χ1) is 11.6. The number of benzene rings is 2. The highest BCUT2D eigenvalue weighted by Gasteiger charge is 2.18. The predicted octanol–water partition coefficient (Wildman–Crippen LogP) is 3.62. The van der Waals surface area contributed by atoms with Crippen LogP contribution in [0.4, 0.5) is 0 Å². The zero-order valence-corrected chi connectivity index (χ0v) is 14.8. The standard InChI is InChI=1S/C18H12INO4/c1-23-16-9-13(11-21)8-15(19)17(16)24-18(22)14(10-20)7-12-5-3-2-4-6-12/h2-9,11H,1H3/b14-7+. The number of halogens is 1. The van der Waals surface area contributed by atoms with E-state index in [-0.39, 0.29) is 17.1 Å². The molecule has 0 unspecified atom stereocenters. The van der Waals surface area contributed by atoms with Crippen LogP contribution < -0.4 is 9.47 Å². The Morgan fingerprint density at radius 2 is 1.92 bits per heavy atom. The van der Waals surface area contributed by atoms with E-state index in [1.54, 1.807) is 30.3 Å². The van der Waals surface area contributed by atoms with Gasteiger partial charge in [-0.1, -0.05) is 30.3 Å². The second-order valence-electron chi connectivity index (χ2n) is 4.62. The molecule has 0 aromatic heterocycles. The van der Waals surface area contributed by atoms with Crippen molar-refractivity contribution in [3.63, 3.8) is 0 Å². The molecule has 2 aromatic rings. The van der Waals surface area contributed by atoms with Gasteiger partial charge in [0.2, 0.25) is 0 Å². The van der Waals surface area contributed by atoms with Gasteiger partial charge in [0, 0.05) is 5.56 Å². The average Bonchev–Trinajstić information content (AvgIpc) is 2.61. The maximum absolute atomic E-state index is 12.3. The third-order valence-electron chi connectivity index (χ3n) is 3.03. The van der Waals surface area contributed by atoms with Crippen LogP contribution in [-0.4, -0.2) is 19.4 Å². The number of methoxy groups -OCH3 is 1. The Morgan fingerprint density at radius 1 is 1.21 bits per heavy atom. The summed E-state index contributed by atoms with van der Waals surface area (Å²) in [6.07, 6.45) is 2.12. The normalized spacial score (nSPS) is 10.6. The van der Waals surface area contributed by atoms with Crippen molar-refractivity contribution < 1.29 is 19.1 Å². The molecule has 2 rings (SSSR count). The highest BCUT2D eigenvalue weighted by atomic mass is 127. The molecule has 0 aliphatic rings. The van der Waals surface area contributed by atoms with E-state index in [9.17, 15) is 14.9 Å². The summed E-state index contributed by atoms with van der Waals surface area (Å²) in [5.74, 6) is -0.381. The van der Waals surface area contributed by atoms with Gasteiger partial charge in [-0.3, -0.25) is 4.79 Å². The Morgan fingerprint density at radius 3 is 2.50 bits per heavy atom. The third-order valence-corrected chi connectivity index (χ3v) is 3.83. The number of hydrogen-bond acceptors (Lipinski definition) is 5. The number of esters is 1. The maximum atomic E-state index is 12.3. The van der Waals surface area contributed by atoms with E-state index in [4.69, 9.17) is 9.47 Å². The monoisotopic (exact) mass is 433 g/mol. The van der Waals surface area contributed by atoms with Gasteiger partial charge in [0.15, 0.2) is 11.5 Å². The lowest BCUT2D eigenvalue weighted by Gasteiger charge is -2.11. The number of carbonyl (C=O) groups excluding carboxylic acids is 2. The van der Waals surface area contributed by atoms with Gasteiger partial charge in [0.1, 0.15) is 17.9 Å². The van der Waals surface area contributed by atoms with Crippen LogP contribution in [0, 0.1) is 14.9 Å². The Labute approximate surface area is 152 Å². The number of rotatable bonds is 5.